The number of halogens is 2. The molecule has 0 aromatic rings. The molecule has 0 saturated carbocycles. The van der Waals surface area contributed by atoms with E-state index in [1.807, 2.05) is 0 Å². The van der Waals surface area contributed by atoms with E-state index in [1.54, 1.807) is 13.8 Å². The third-order valence-electron chi connectivity index (χ3n) is 2.15. The second-order valence-corrected chi connectivity index (χ2v) is 6.71. The van der Waals surface area contributed by atoms with Crippen LogP contribution in [0.2, 0.25) is 0 Å². The molecule has 0 aliphatic rings. The van der Waals surface area contributed by atoms with Crippen molar-refractivity contribution in [3.05, 3.63) is 0 Å². The fourth-order valence-corrected chi connectivity index (χ4v) is 3.63. The van der Waals surface area contributed by atoms with Gasteiger partial charge in [0.2, 0.25) is 0 Å². The summed E-state index contributed by atoms with van der Waals surface area (Å²) in [6, 6.07) is 0. The third kappa shape index (κ3) is 4.05. The summed E-state index contributed by atoms with van der Waals surface area (Å²) < 4.78 is 23.4. The van der Waals surface area contributed by atoms with Crippen molar-refractivity contribution < 1.29 is 8.42 Å². The maximum atomic E-state index is 11.7. The van der Waals surface area contributed by atoms with Crippen LogP contribution in [0.1, 0.15) is 26.7 Å². The van der Waals surface area contributed by atoms with Gasteiger partial charge in [0.25, 0.3) is 0 Å². The van der Waals surface area contributed by atoms with E-state index in [4.69, 9.17) is 23.2 Å². The van der Waals surface area contributed by atoms with Gasteiger partial charge >= 0.3 is 0 Å². The van der Waals surface area contributed by atoms with Crippen molar-refractivity contribution in [1.29, 1.82) is 0 Å². The quantitative estimate of drug-likeness (QED) is 0.675. The monoisotopic (exact) mass is 246 g/mol. The molecule has 0 radical (unpaired) electrons. The summed E-state index contributed by atoms with van der Waals surface area (Å²) in [4.78, 5) is 0. The van der Waals surface area contributed by atoms with E-state index < -0.39 is 9.84 Å². The second kappa shape index (κ2) is 6.10. The van der Waals surface area contributed by atoms with Crippen LogP contribution in [0.15, 0.2) is 0 Å². The molecule has 0 saturated heterocycles. The zero-order valence-corrected chi connectivity index (χ0v) is 10.3. The van der Waals surface area contributed by atoms with E-state index in [1.165, 1.54) is 0 Å². The minimum atomic E-state index is -3.03. The molecule has 13 heavy (non-hydrogen) atoms. The smallest absolute Gasteiger partial charge is 0.155 e. The average Bonchev–Trinajstić information content (AvgIpc) is 2.05. The summed E-state index contributed by atoms with van der Waals surface area (Å²) in [5.41, 5.74) is 0. The Kier molecular flexibility index (Phi) is 6.34. The molecular weight excluding hydrogens is 231 g/mol. The molecule has 0 aliphatic carbocycles. The SMILES string of the molecule is CC(CCCl)S(=O)(=O)C(C)CCCl. The molecule has 0 rings (SSSR count). The van der Waals surface area contributed by atoms with Crippen molar-refractivity contribution in [2.45, 2.75) is 37.2 Å². The fraction of sp³-hybridized carbons (Fsp3) is 1.00. The van der Waals surface area contributed by atoms with Crippen molar-refractivity contribution in [2.24, 2.45) is 0 Å². The Labute approximate surface area is 90.5 Å². The van der Waals surface area contributed by atoms with Crippen LogP contribution >= 0.6 is 23.2 Å². The Bertz CT molecular complexity index is 208. The predicted octanol–water partition coefficient (Wildman–Crippen LogP) is 2.44. The van der Waals surface area contributed by atoms with Crippen molar-refractivity contribution in [3.8, 4) is 0 Å². The largest absolute Gasteiger partial charge is 0.228 e. The topological polar surface area (TPSA) is 34.1 Å². The molecule has 2 atom stereocenters. The summed E-state index contributed by atoms with van der Waals surface area (Å²) in [7, 11) is -3.03. The van der Waals surface area contributed by atoms with Gasteiger partial charge in [-0.2, -0.15) is 0 Å². The van der Waals surface area contributed by atoms with Gasteiger partial charge in [-0.1, -0.05) is 0 Å². The van der Waals surface area contributed by atoms with Gasteiger partial charge in [0.15, 0.2) is 9.84 Å². The van der Waals surface area contributed by atoms with Crippen molar-refractivity contribution in [3.63, 3.8) is 0 Å². The zero-order valence-electron chi connectivity index (χ0n) is 7.96. The Morgan fingerprint density at radius 3 is 1.54 bits per heavy atom. The highest BCUT2D eigenvalue weighted by molar-refractivity contribution is 7.92. The maximum Gasteiger partial charge on any atom is 0.155 e. The molecule has 0 N–H and O–H groups in total. The number of hydrogen-bond donors (Lipinski definition) is 0. The van der Waals surface area contributed by atoms with Crippen molar-refractivity contribution in [1.82, 2.24) is 0 Å². The first-order chi connectivity index (χ1) is 5.96. The molecule has 0 aliphatic heterocycles. The molecule has 80 valence electrons. The highest BCUT2D eigenvalue weighted by atomic mass is 35.5. The van der Waals surface area contributed by atoms with Crippen LogP contribution in [-0.4, -0.2) is 30.7 Å². The summed E-state index contributed by atoms with van der Waals surface area (Å²) in [6.45, 7) is 3.39. The van der Waals surface area contributed by atoms with Gasteiger partial charge < -0.3 is 0 Å². The molecule has 2 nitrogen and oxygen atoms in total. The molecule has 2 unspecified atom stereocenters. The summed E-state index contributed by atoms with van der Waals surface area (Å²) >= 11 is 11.0. The highest BCUT2D eigenvalue weighted by Crippen LogP contribution is 2.16. The first kappa shape index (κ1) is 13.5. The van der Waals surface area contributed by atoms with Gasteiger partial charge in [0, 0.05) is 11.8 Å². The van der Waals surface area contributed by atoms with Crippen LogP contribution < -0.4 is 0 Å². The van der Waals surface area contributed by atoms with Crippen molar-refractivity contribution in [2.75, 3.05) is 11.8 Å². The van der Waals surface area contributed by atoms with Crippen LogP contribution in [-0.2, 0) is 9.84 Å². The molecule has 0 aromatic heterocycles. The maximum absolute atomic E-state index is 11.7. The van der Waals surface area contributed by atoms with E-state index in [0.717, 1.165) is 0 Å². The number of rotatable bonds is 6. The van der Waals surface area contributed by atoms with Crippen LogP contribution in [0.3, 0.4) is 0 Å². The minimum absolute atomic E-state index is 0.358. The molecule has 5 heteroatoms. The molecule has 0 aromatic carbocycles. The Morgan fingerprint density at radius 2 is 1.31 bits per heavy atom. The first-order valence-corrected chi connectivity index (χ1v) is 6.99. The Morgan fingerprint density at radius 1 is 1.00 bits per heavy atom. The first-order valence-electron chi connectivity index (χ1n) is 4.31. The lowest BCUT2D eigenvalue weighted by Crippen LogP contribution is -2.28. The summed E-state index contributed by atoms with van der Waals surface area (Å²) in [5, 5.41) is -0.716. The Hall–Kier alpha value is 0.530. The standard InChI is InChI=1S/C8H16Cl2O2S/c1-7(3-5-9)13(11,12)8(2)4-6-10/h7-8H,3-6H2,1-2H3. The molecular formula is C8H16Cl2O2S. The van der Waals surface area contributed by atoms with Gasteiger partial charge in [-0.05, 0) is 26.7 Å². The lowest BCUT2D eigenvalue weighted by molar-refractivity contribution is 0.566. The fourth-order valence-electron chi connectivity index (χ4n) is 1.03. The molecule has 0 heterocycles. The molecule has 0 fully saturated rings. The predicted molar refractivity (Wildman–Crippen MR) is 58.5 cm³/mol. The zero-order chi connectivity index (χ0) is 10.5. The third-order valence-corrected chi connectivity index (χ3v) is 5.30. The molecule has 0 amide bonds. The number of alkyl halides is 2. The molecule has 0 bridgehead atoms. The van der Waals surface area contributed by atoms with Gasteiger partial charge in [-0.25, -0.2) is 8.42 Å². The summed E-state index contributed by atoms with van der Waals surface area (Å²) in [5.74, 6) is 0.766. The molecule has 0 spiro atoms. The highest BCUT2D eigenvalue weighted by Gasteiger charge is 2.26. The number of sulfone groups is 1. The van der Waals surface area contributed by atoms with Gasteiger partial charge in [0.1, 0.15) is 0 Å². The van der Waals surface area contributed by atoms with E-state index in [-0.39, 0.29) is 10.5 Å². The average molecular weight is 247 g/mol. The van der Waals surface area contributed by atoms with Crippen molar-refractivity contribution >= 4 is 33.0 Å². The normalized spacial score (nSPS) is 16.9. The lowest BCUT2D eigenvalue weighted by atomic mass is 10.4. The van der Waals surface area contributed by atoms with Crippen LogP contribution in [0.25, 0.3) is 0 Å². The minimum Gasteiger partial charge on any atom is -0.228 e. The summed E-state index contributed by atoms with van der Waals surface area (Å²) in [6.07, 6.45) is 1.02. The lowest BCUT2D eigenvalue weighted by Gasteiger charge is -2.16. The van der Waals surface area contributed by atoms with E-state index >= 15 is 0 Å². The Balaban J connectivity index is 4.37. The number of hydrogen-bond acceptors (Lipinski definition) is 2. The van der Waals surface area contributed by atoms with Crippen LogP contribution in [0, 0.1) is 0 Å². The van der Waals surface area contributed by atoms with Gasteiger partial charge in [0.05, 0.1) is 10.5 Å². The van der Waals surface area contributed by atoms with E-state index in [2.05, 4.69) is 0 Å². The van der Waals surface area contributed by atoms with Crippen LogP contribution in [0.4, 0.5) is 0 Å². The second-order valence-electron chi connectivity index (χ2n) is 3.17. The van der Waals surface area contributed by atoms with E-state index in [0.29, 0.717) is 24.6 Å². The van der Waals surface area contributed by atoms with Crippen LogP contribution in [0.5, 0.6) is 0 Å². The van der Waals surface area contributed by atoms with Gasteiger partial charge in [-0.15, -0.1) is 23.2 Å². The van der Waals surface area contributed by atoms with E-state index in [9.17, 15) is 8.42 Å². The van der Waals surface area contributed by atoms with Gasteiger partial charge in [-0.3, -0.25) is 0 Å².